The fourth-order valence-electron chi connectivity index (χ4n) is 1.98. The number of carbonyl (C=O) groups is 1. The lowest BCUT2D eigenvalue weighted by Crippen LogP contribution is -2.34. The van der Waals surface area contributed by atoms with Gasteiger partial charge in [-0.25, -0.2) is 4.98 Å². The SMILES string of the molecule is CCC1=NO[C@@H](C(=O)NCc2csc(-c3cnccn3)n2)C1. The Kier molecular flexibility index (Phi) is 4.38. The molecule has 2 aromatic heterocycles. The van der Waals surface area contributed by atoms with Crippen LogP contribution < -0.4 is 5.32 Å². The summed E-state index contributed by atoms with van der Waals surface area (Å²) in [7, 11) is 0. The van der Waals surface area contributed by atoms with Gasteiger partial charge in [-0.05, 0) is 6.42 Å². The van der Waals surface area contributed by atoms with Crippen LogP contribution in [0.3, 0.4) is 0 Å². The molecule has 0 saturated carbocycles. The Balaban J connectivity index is 1.54. The number of hydrogen-bond acceptors (Lipinski definition) is 7. The van der Waals surface area contributed by atoms with Crippen molar-refractivity contribution < 1.29 is 9.63 Å². The van der Waals surface area contributed by atoms with Crippen LogP contribution in [-0.2, 0) is 16.2 Å². The molecule has 22 heavy (non-hydrogen) atoms. The monoisotopic (exact) mass is 317 g/mol. The Morgan fingerprint density at radius 2 is 2.41 bits per heavy atom. The molecule has 2 aromatic rings. The van der Waals surface area contributed by atoms with Gasteiger partial charge in [-0.15, -0.1) is 11.3 Å². The van der Waals surface area contributed by atoms with Gasteiger partial charge in [-0.2, -0.15) is 0 Å². The number of thiazole rings is 1. The maximum Gasteiger partial charge on any atom is 0.264 e. The van der Waals surface area contributed by atoms with Gasteiger partial charge in [-0.1, -0.05) is 12.1 Å². The van der Waals surface area contributed by atoms with Crippen molar-refractivity contribution in [3.05, 3.63) is 29.7 Å². The molecule has 1 aliphatic heterocycles. The number of rotatable bonds is 5. The van der Waals surface area contributed by atoms with Gasteiger partial charge in [0, 0.05) is 24.2 Å². The summed E-state index contributed by atoms with van der Waals surface area (Å²) in [5.74, 6) is -0.166. The summed E-state index contributed by atoms with van der Waals surface area (Å²) in [5, 5.41) is 9.38. The predicted octanol–water partition coefficient (Wildman–Crippen LogP) is 1.77. The second-order valence-electron chi connectivity index (χ2n) is 4.76. The molecule has 3 rings (SSSR count). The molecule has 0 spiro atoms. The summed E-state index contributed by atoms with van der Waals surface area (Å²) in [4.78, 5) is 29.8. The van der Waals surface area contributed by atoms with E-state index in [1.54, 1.807) is 18.6 Å². The van der Waals surface area contributed by atoms with Crippen LogP contribution in [0.2, 0.25) is 0 Å². The van der Waals surface area contributed by atoms with Crippen LogP contribution in [0.25, 0.3) is 10.7 Å². The van der Waals surface area contributed by atoms with Crippen LogP contribution >= 0.6 is 11.3 Å². The maximum absolute atomic E-state index is 12.0. The van der Waals surface area contributed by atoms with Gasteiger partial charge < -0.3 is 10.2 Å². The summed E-state index contributed by atoms with van der Waals surface area (Å²) in [5.41, 5.74) is 2.43. The van der Waals surface area contributed by atoms with Gasteiger partial charge in [0.1, 0.15) is 10.7 Å². The van der Waals surface area contributed by atoms with E-state index in [9.17, 15) is 4.79 Å². The highest BCUT2D eigenvalue weighted by Crippen LogP contribution is 2.20. The van der Waals surface area contributed by atoms with Crippen LogP contribution in [-0.4, -0.2) is 32.7 Å². The van der Waals surface area contributed by atoms with Crippen molar-refractivity contribution in [2.45, 2.75) is 32.4 Å². The molecule has 0 fully saturated rings. The third-order valence-electron chi connectivity index (χ3n) is 3.21. The first-order chi connectivity index (χ1) is 10.8. The Labute approximate surface area is 131 Å². The van der Waals surface area contributed by atoms with Crippen molar-refractivity contribution in [2.75, 3.05) is 0 Å². The number of oxime groups is 1. The molecule has 1 N–H and O–H groups in total. The maximum atomic E-state index is 12.0. The lowest BCUT2D eigenvalue weighted by molar-refractivity contribution is -0.131. The van der Waals surface area contributed by atoms with E-state index < -0.39 is 6.10 Å². The number of aromatic nitrogens is 3. The molecule has 0 radical (unpaired) electrons. The lowest BCUT2D eigenvalue weighted by Gasteiger charge is -2.08. The van der Waals surface area contributed by atoms with E-state index >= 15 is 0 Å². The molecule has 3 heterocycles. The summed E-state index contributed by atoms with van der Waals surface area (Å²) in [6, 6.07) is 0. The average molecular weight is 317 g/mol. The van der Waals surface area contributed by atoms with E-state index in [1.165, 1.54) is 11.3 Å². The Bertz CT molecular complexity index is 686. The molecule has 0 aromatic carbocycles. The molecule has 0 aliphatic carbocycles. The van der Waals surface area contributed by atoms with Crippen molar-refractivity contribution in [3.63, 3.8) is 0 Å². The molecule has 8 heteroatoms. The smallest absolute Gasteiger partial charge is 0.264 e. The minimum absolute atomic E-state index is 0.166. The van der Waals surface area contributed by atoms with Crippen LogP contribution in [0, 0.1) is 0 Å². The van der Waals surface area contributed by atoms with E-state index in [4.69, 9.17) is 4.84 Å². The molecule has 7 nitrogen and oxygen atoms in total. The second kappa shape index (κ2) is 6.61. The normalized spacial score (nSPS) is 17.0. The van der Waals surface area contributed by atoms with E-state index in [2.05, 4.69) is 25.4 Å². The third kappa shape index (κ3) is 3.28. The van der Waals surface area contributed by atoms with E-state index in [1.807, 2.05) is 12.3 Å². The highest BCUT2D eigenvalue weighted by atomic mass is 32.1. The molecule has 1 atom stereocenters. The number of nitrogens with zero attached hydrogens (tertiary/aromatic N) is 4. The number of hydrogen-bond donors (Lipinski definition) is 1. The molecular weight excluding hydrogens is 302 g/mol. The molecule has 114 valence electrons. The minimum atomic E-state index is -0.520. The van der Waals surface area contributed by atoms with Crippen molar-refractivity contribution in [1.82, 2.24) is 20.3 Å². The first-order valence-electron chi connectivity index (χ1n) is 6.96. The first-order valence-corrected chi connectivity index (χ1v) is 7.84. The number of carbonyl (C=O) groups excluding carboxylic acids is 1. The van der Waals surface area contributed by atoms with Crippen molar-refractivity contribution in [3.8, 4) is 10.7 Å². The quantitative estimate of drug-likeness (QED) is 0.908. The largest absolute Gasteiger partial charge is 0.382 e. The van der Waals surface area contributed by atoms with Gasteiger partial charge in [-0.3, -0.25) is 14.8 Å². The fraction of sp³-hybridized carbons (Fsp3) is 0.357. The Morgan fingerprint density at radius 1 is 1.50 bits per heavy atom. The number of amides is 1. The Morgan fingerprint density at radius 3 is 3.14 bits per heavy atom. The first kappa shape index (κ1) is 14.6. The summed E-state index contributed by atoms with van der Waals surface area (Å²) >= 11 is 1.47. The van der Waals surface area contributed by atoms with Crippen molar-refractivity contribution in [1.29, 1.82) is 0 Å². The highest BCUT2D eigenvalue weighted by Gasteiger charge is 2.27. The zero-order valence-electron chi connectivity index (χ0n) is 12.0. The molecule has 0 unspecified atom stereocenters. The van der Waals surface area contributed by atoms with Crippen LogP contribution in [0.4, 0.5) is 0 Å². The van der Waals surface area contributed by atoms with Gasteiger partial charge in [0.05, 0.1) is 24.1 Å². The lowest BCUT2D eigenvalue weighted by atomic mass is 10.1. The average Bonchev–Trinajstić information content (AvgIpc) is 3.22. The summed E-state index contributed by atoms with van der Waals surface area (Å²) in [6.45, 7) is 2.35. The number of nitrogens with one attached hydrogen (secondary N) is 1. The van der Waals surface area contributed by atoms with E-state index in [0.29, 0.717) is 13.0 Å². The standard InChI is InChI=1S/C14H15N5O2S/c1-2-9-5-12(21-19-9)13(20)17-6-10-8-22-14(18-10)11-7-15-3-4-16-11/h3-4,7-8,12H,2,5-6H2,1H3,(H,17,20)/t12-/m1/s1. The van der Waals surface area contributed by atoms with Crippen molar-refractivity contribution in [2.24, 2.45) is 5.16 Å². The topological polar surface area (TPSA) is 89.4 Å². The Hall–Kier alpha value is -2.35. The molecule has 0 saturated heterocycles. The predicted molar refractivity (Wildman–Crippen MR) is 82.2 cm³/mol. The van der Waals surface area contributed by atoms with E-state index in [0.717, 1.165) is 28.5 Å². The van der Waals surface area contributed by atoms with Gasteiger partial charge in [0.2, 0.25) is 6.10 Å². The zero-order chi connectivity index (χ0) is 15.4. The molecular formula is C14H15N5O2S. The van der Waals surface area contributed by atoms with Crippen molar-refractivity contribution >= 4 is 23.0 Å². The van der Waals surface area contributed by atoms with Crippen LogP contribution in [0.1, 0.15) is 25.5 Å². The van der Waals surface area contributed by atoms with E-state index in [-0.39, 0.29) is 5.91 Å². The molecule has 1 aliphatic rings. The third-order valence-corrected chi connectivity index (χ3v) is 4.12. The van der Waals surface area contributed by atoms with Crippen LogP contribution in [0.15, 0.2) is 29.1 Å². The fourth-order valence-corrected chi connectivity index (χ4v) is 2.76. The summed E-state index contributed by atoms with van der Waals surface area (Å²) in [6.07, 6.45) is 5.75. The van der Waals surface area contributed by atoms with Gasteiger partial charge in [0.25, 0.3) is 5.91 Å². The summed E-state index contributed by atoms with van der Waals surface area (Å²) < 4.78 is 0. The van der Waals surface area contributed by atoms with Gasteiger partial charge in [0.15, 0.2) is 0 Å². The second-order valence-corrected chi connectivity index (χ2v) is 5.62. The molecule has 0 bridgehead atoms. The molecule has 1 amide bonds. The minimum Gasteiger partial charge on any atom is -0.382 e. The zero-order valence-corrected chi connectivity index (χ0v) is 12.8. The van der Waals surface area contributed by atoms with Crippen LogP contribution in [0.5, 0.6) is 0 Å². The van der Waals surface area contributed by atoms with Gasteiger partial charge >= 0.3 is 0 Å². The highest BCUT2D eigenvalue weighted by molar-refractivity contribution is 7.13.